The number of thiophene rings is 3. The second kappa shape index (κ2) is 9.82. The lowest BCUT2D eigenvalue weighted by atomic mass is 9.68. The molecule has 0 amide bonds. The lowest BCUT2D eigenvalue weighted by molar-refractivity contribution is 0.356. The van der Waals surface area contributed by atoms with E-state index in [1.807, 2.05) is 58.3 Å². The molecule has 0 atom stereocenters. The van der Waals surface area contributed by atoms with Gasteiger partial charge < -0.3 is 0 Å². The molecule has 3 heterocycles. The van der Waals surface area contributed by atoms with Crippen molar-refractivity contribution < 1.29 is 0 Å². The van der Waals surface area contributed by atoms with Crippen molar-refractivity contribution in [3.8, 4) is 9.75 Å². The van der Waals surface area contributed by atoms with Crippen molar-refractivity contribution in [3.05, 3.63) is 115 Å². The molecular weight excluding hydrogens is 657 g/mol. The fraction of sp³-hybridized carbons (Fsp3) is 0.167. The van der Waals surface area contributed by atoms with Crippen molar-refractivity contribution in [1.29, 1.82) is 0 Å². The number of hydrogen-bond acceptors (Lipinski definition) is 7. The highest BCUT2D eigenvalue weighted by Gasteiger charge is 2.48. The summed E-state index contributed by atoms with van der Waals surface area (Å²) in [5.74, 6) is 0. The van der Waals surface area contributed by atoms with Crippen LogP contribution in [0.2, 0.25) is 0 Å². The first-order valence-electron chi connectivity index (χ1n) is 14.5. The minimum atomic E-state index is 0.0948. The Labute approximate surface area is 283 Å². The molecule has 4 aliphatic carbocycles. The van der Waals surface area contributed by atoms with Crippen LogP contribution >= 0.6 is 82.9 Å². The lowest BCUT2D eigenvalue weighted by Crippen LogP contribution is -2.27. The molecule has 1 saturated carbocycles. The molecule has 5 aromatic rings. The van der Waals surface area contributed by atoms with Crippen LogP contribution in [0.5, 0.6) is 0 Å². The molecule has 7 heteroatoms. The molecule has 0 N–H and O–H groups in total. The van der Waals surface area contributed by atoms with Crippen molar-refractivity contribution in [2.45, 2.75) is 37.5 Å². The molecule has 0 nitrogen and oxygen atoms in total. The summed E-state index contributed by atoms with van der Waals surface area (Å²) < 4.78 is 2.84. The van der Waals surface area contributed by atoms with Crippen LogP contribution in [0.1, 0.15) is 75.2 Å². The summed E-state index contributed by atoms with van der Waals surface area (Å²) in [5.41, 5.74) is 9.62. The quantitative estimate of drug-likeness (QED) is 0.135. The summed E-state index contributed by atoms with van der Waals surface area (Å²) in [6.45, 7) is 0. The molecule has 0 radical (unpaired) electrons. The average Bonchev–Trinajstić information content (AvgIpc) is 3.84. The first-order chi connectivity index (χ1) is 20.9. The van der Waals surface area contributed by atoms with Crippen molar-refractivity contribution in [1.82, 2.24) is 0 Å². The minimum Gasteiger partial charge on any atom is -0.135 e. The van der Waals surface area contributed by atoms with E-state index in [4.69, 9.17) is 48.9 Å². The van der Waals surface area contributed by atoms with E-state index in [2.05, 4.69) is 48.6 Å². The maximum absolute atomic E-state index is 5.90. The van der Waals surface area contributed by atoms with E-state index in [-0.39, 0.29) is 5.41 Å². The van der Waals surface area contributed by atoms with Crippen LogP contribution in [0.4, 0.5) is 0 Å². The molecule has 2 aromatic carbocycles. The van der Waals surface area contributed by atoms with Crippen molar-refractivity contribution in [2.75, 3.05) is 0 Å². The average molecular weight is 679 g/mol. The van der Waals surface area contributed by atoms with Gasteiger partial charge in [0.1, 0.15) is 0 Å². The number of allylic oxidation sites excluding steroid dienone is 2. The largest absolute Gasteiger partial charge is 0.135 e. The third kappa shape index (κ3) is 3.80. The summed E-state index contributed by atoms with van der Waals surface area (Å²) >= 11 is 29.3. The number of benzene rings is 2. The van der Waals surface area contributed by atoms with Gasteiger partial charge in [-0.05, 0) is 42.7 Å². The summed E-state index contributed by atoms with van der Waals surface area (Å²) in [6.07, 6.45) is 10.8. The van der Waals surface area contributed by atoms with Gasteiger partial charge in [0.15, 0.2) is 0 Å². The minimum absolute atomic E-state index is 0.0948. The Balaban J connectivity index is 1.15. The fourth-order valence-electron chi connectivity index (χ4n) is 7.48. The molecule has 9 rings (SSSR count). The standard InChI is InChI=1S/C36H22S7/c37-29-20-8-2-3-9-21(20)30(38)24(29)14-18-16-26-33(41-18)35-28(36(26)12-6-1-7-13-36)34-27(43-35)17-19(42-34)15-25-31(39)22-10-4-5-11-23(22)32(25)40/h2-5,8-11,14-17H,1,6-7,12-13H2. The molecule has 0 bridgehead atoms. The monoisotopic (exact) mass is 678 g/mol. The van der Waals surface area contributed by atoms with Gasteiger partial charge in [0.25, 0.3) is 0 Å². The number of hydrogen-bond donors (Lipinski definition) is 0. The molecular formula is C36H22S7. The number of fused-ring (bicyclic) bond motifs is 9. The zero-order valence-corrected chi connectivity index (χ0v) is 28.5. The van der Waals surface area contributed by atoms with E-state index >= 15 is 0 Å². The van der Waals surface area contributed by atoms with E-state index < -0.39 is 0 Å². The number of thiocarbonyl (C=S) groups is 4. The molecule has 1 spiro atoms. The molecule has 208 valence electrons. The summed E-state index contributed by atoms with van der Waals surface area (Å²) in [5, 5.41) is 0. The Morgan fingerprint density at radius 1 is 0.581 bits per heavy atom. The Kier molecular flexibility index (Phi) is 6.16. The zero-order valence-electron chi connectivity index (χ0n) is 22.8. The SMILES string of the molecule is S=C1C(=Cc2cc3c(s2)-c2sc4cc(C=C5C(=S)c6ccccc6C5=S)sc4c2C32CCCCC2)C(=S)c2ccccc21. The van der Waals surface area contributed by atoms with Crippen LogP contribution in [0.25, 0.3) is 31.3 Å². The third-order valence-corrected chi connectivity index (χ3v) is 14.8. The van der Waals surface area contributed by atoms with Gasteiger partial charge in [-0.2, -0.15) is 0 Å². The van der Waals surface area contributed by atoms with Crippen molar-refractivity contribution in [3.63, 3.8) is 0 Å². The zero-order chi connectivity index (χ0) is 29.0. The smallest absolute Gasteiger partial charge is 0.0543 e. The van der Waals surface area contributed by atoms with Crippen LogP contribution in [-0.4, -0.2) is 19.5 Å². The van der Waals surface area contributed by atoms with Crippen LogP contribution in [-0.2, 0) is 5.41 Å². The van der Waals surface area contributed by atoms with Crippen LogP contribution in [0, 0.1) is 0 Å². The maximum Gasteiger partial charge on any atom is 0.0543 e. The predicted octanol–water partition coefficient (Wildman–Crippen LogP) is 11.3. The van der Waals surface area contributed by atoms with Gasteiger partial charge in [-0.25, -0.2) is 0 Å². The molecule has 43 heavy (non-hydrogen) atoms. The normalized spacial score (nSPS) is 18.0. The van der Waals surface area contributed by atoms with Gasteiger partial charge in [0, 0.05) is 63.7 Å². The highest BCUT2D eigenvalue weighted by molar-refractivity contribution is 7.84. The van der Waals surface area contributed by atoms with Gasteiger partial charge in [0.2, 0.25) is 0 Å². The van der Waals surface area contributed by atoms with Crippen molar-refractivity contribution >= 4 is 124 Å². The molecule has 0 saturated heterocycles. The van der Waals surface area contributed by atoms with E-state index in [1.165, 1.54) is 66.6 Å². The predicted molar refractivity (Wildman–Crippen MR) is 203 cm³/mol. The van der Waals surface area contributed by atoms with Gasteiger partial charge in [-0.3, -0.25) is 0 Å². The Morgan fingerprint density at radius 2 is 1.09 bits per heavy atom. The Hall–Kier alpha value is -2.36. The molecule has 4 aliphatic rings. The second-order valence-electron chi connectivity index (χ2n) is 11.7. The molecule has 1 fully saturated rings. The van der Waals surface area contributed by atoms with Gasteiger partial charge in [-0.1, -0.05) is 117 Å². The van der Waals surface area contributed by atoms with Gasteiger partial charge in [0.05, 0.1) is 29.0 Å². The fourth-order valence-corrected chi connectivity index (χ4v) is 13.1. The van der Waals surface area contributed by atoms with Gasteiger partial charge >= 0.3 is 0 Å². The number of rotatable bonds is 2. The van der Waals surface area contributed by atoms with Crippen LogP contribution in [0.3, 0.4) is 0 Å². The maximum atomic E-state index is 5.90. The van der Waals surface area contributed by atoms with E-state index in [0.717, 1.165) is 52.9 Å². The first-order valence-corrected chi connectivity index (χ1v) is 18.5. The lowest BCUT2D eigenvalue weighted by Gasteiger charge is -2.35. The molecule has 3 aromatic heterocycles. The van der Waals surface area contributed by atoms with E-state index in [0.29, 0.717) is 0 Å². The van der Waals surface area contributed by atoms with Crippen LogP contribution in [0.15, 0.2) is 71.8 Å². The highest BCUT2D eigenvalue weighted by atomic mass is 32.1. The van der Waals surface area contributed by atoms with E-state index in [1.54, 1.807) is 5.56 Å². The van der Waals surface area contributed by atoms with E-state index in [9.17, 15) is 0 Å². The molecule has 0 aliphatic heterocycles. The summed E-state index contributed by atoms with van der Waals surface area (Å²) in [6, 6.07) is 21.4. The Morgan fingerprint density at radius 3 is 1.63 bits per heavy atom. The third-order valence-electron chi connectivity index (χ3n) is 9.43. The highest BCUT2D eigenvalue weighted by Crippen LogP contribution is 2.63. The topological polar surface area (TPSA) is 0 Å². The van der Waals surface area contributed by atoms with Crippen LogP contribution < -0.4 is 0 Å². The molecule has 0 unspecified atom stereocenters. The Bertz CT molecular complexity index is 2110. The first kappa shape index (κ1) is 27.0. The second-order valence-corrected chi connectivity index (χ2v) is 16.6. The van der Waals surface area contributed by atoms with Gasteiger partial charge in [-0.15, -0.1) is 34.0 Å². The summed E-state index contributed by atoms with van der Waals surface area (Å²) in [7, 11) is 0. The summed E-state index contributed by atoms with van der Waals surface area (Å²) in [4.78, 5) is 8.95. The van der Waals surface area contributed by atoms with Crippen molar-refractivity contribution in [2.24, 2.45) is 0 Å².